The van der Waals surface area contributed by atoms with Crippen LogP contribution in [0.4, 0.5) is 10.5 Å². The minimum Gasteiger partial charge on any atom is -0.497 e. The van der Waals surface area contributed by atoms with Gasteiger partial charge in [-0.25, -0.2) is 4.79 Å². The second kappa shape index (κ2) is 18.5. The molecule has 256 valence electrons. The highest BCUT2D eigenvalue weighted by atomic mass is 16.6. The number of hydrogen-bond acceptors (Lipinski definition) is 8. The first-order valence-electron chi connectivity index (χ1n) is 16.8. The molecule has 0 aliphatic carbocycles. The molecule has 0 radical (unpaired) electrons. The van der Waals surface area contributed by atoms with Gasteiger partial charge in [-0.05, 0) is 54.3 Å². The monoisotopic (exact) mass is 663 g/mol. The quantitative estimate of drug-likeness (QED) is 0.0934. The molecule has 4 aromatic carbocycles. The third-order valence-corrected chi connectivity index (χ3v) is 8.47. The SMILES string of the molecule is COc1ccc(CNCCNC(=O)c2cccc(C(=O)CNCCN3CCC(OC(=O)Nc4ccccc4-c4ccccc4)CC3)c2)cc1. The van der Waals surface area contributed by atoms with Crippen LogP contribution in [0.5, 0.6) is 5.75 Å². The highest BCUT2D eigenvalue weighted by Gasteiger charge is 2.22. The summed E-state index contributed by atoms with van der Waals surface area (Å²) in [5, 5.41) is 12.4. The summed E-state index contributed by atoms with van der Waals surface area (Å²) in [7, 11) is 1.64. The molecule has 0 atom stereocenters. The number of benzene rings is 4. The zero-order valence-corrected chi connectivity index (χ0v) is 28.0. The molecule has 0 saturated carbocycles. The van der Waals surface area contributed by atoms with Gasteiger partial charge in [0, 0.05) is 62.5 Å². The van der Waals surface area contributed by atoms with E-state index in [1.165, 1.54) is 0 Å². The fraction of sp³-hybridized carbons (Fsp3) is 0.308. The summed E-state index contributed by atoms with van der Waals surface area (Å²) in [6.45, 7) is 5.01. The zero-order valence-electron chi connectivity index (χ0n) is 28.0. The number of ether oxygens (including phenoxy) is 2. The fourth-order valence-corrected chi connectivity index (χ4v) is 5.72. The number of rotatable bonds is 16. The van der Waals surface area contributed by atoms with Crippen LogP contribution in [-0.4, -0.2) is 81.7 Å². The Morgan fingerprint density at radius 2 is 1.51 bits per heavy atom. The lowest BCUT2D eigenvalue weighted by Crippen LogP contribution is -2.42. The summed E-state index contributed by atoms with van der Waals surface area (Å²) in [6.07, 6.45) is 0.914. The number of carbonyl (C=O) groups excluding carboxylic acids is 3. The Kier molecular flexibility index (Phi) is 13.3. The molecule has 0 aromatic heterocycles. The molecule has 49 heavy (non-hydrogen) atoms. The van der Waals surface area contributed by atoms with E-state index in [2.05, 4.69) is 26.2 Å². The first kappa shape index (κ1) is 35.3. The second-order valence-electron chi connectivity index (χ2n) is 11.9. The van der Waals surface area contributed by atoms with Crippen LogP contribution >= 0.6 is 0 Å². The van der Waals surface area contributed by atoms with E-state index < -0.39 is 6.09 Å². The summed E-state index contributed by atoms with van der Waals surface area (Å²) >= 11 is 0. The second-order valence-corrected chi connectivity index (χ2v) is 11.9. The normalized spacial score (nSPS) is 13.4. The van der Waals surface area contributed by atoms with Gasteiger partial charge in [-0.15, -0.1) is 0 Å². The number of nitrogens with zero attached hydrogens (tertiary/aromatic N) is 1. The smallest absolute Gasteiger partial charge is 0.411 e. The number of Topliss-reactive ketones (excluding diaryl/α,β-unsaturated/α-hetero) is 1. The number of carbonyl (C=O) groups is 3. The van der Waals surface area contributed by atoms with E-state index >= 15 is 0 Å². The van der Waals surface area contributed by atoms with Gasteiger partial charge in [0.25, 0.3) is 5.91 Å². The van der Waals surface area contributed by atoms with Gasteiger partial charge >= 0.3 is 6.09 Å². The van der Waals surface area contributed by atoms with Crippen LogP contribution in [-0.2, 0) is 11.3 Å². The van der Waals surface area contributed by atoms with E-state index in [4.69, 9.17) is 9.47 Å². The molecule has 1 saturated heterocycles. The Bertz CT molecular complexity index is 1660. The van der Waals surface area contributed by atoms with Gasteiger partial charge in [-0.3, -0.25) is 14.9 Å². The van der Waals surface area contributed by atoms with E-state index in [1.807, 2.05) is 78.9 Å². The van der Waals surface area contributed by atoms with Crippen LogP contribution in [0.3, 0.4) is 0 Å². The van der Waals surface area contributed by atoms with E-state index in [0.29, 0.717) is 37.3 Å². The molecule has 0 spiro atoms. The van der Waals surface area contributed by atoms with Crippen LogP contribution in [0, 0.1) is 0 Å². The lowest BCUT2D eigenvalue weighted by molar-refractivity contribution is 0.0593. The molecule has 1 heterocycles. The number of piperidine rings is 1. The van der Waals surface area contributed by atoms with Crippen molar-refractivity contribution in [3.8, 4) is 16.9 Å². The predicted octanol–water partition coefficient (Wildman–Crippen LogP) is 5.37. The summed E-state index contributed by atoms with van der Waals surface area (Å²) < 4.78 is 10.9. The fourth-order valence-electron chi connectivity index (χ4n) is 5.72. The van der Waals surface area contributed by atoms with Crippen molar-refractivity contribution in [2.75, 3.05) is 58.2 Å². The predicted molar refractivity (Wildman–Crippen MR) is 192 cm³/mol. The van der Waals surface area contributed by atoms with Crippen LogP contribution in [0.1, 0.15) is 39.1 Å². The molecule has 2 amide bonds. The van der Waals surface area contributed by atoms with Crippen LogP contribution in [0.25, 0.3) is 11.1 Å². The molecule has 4 aromatic rings. The molecule has 0 bridgehead atoms. The van der Waals surface area contributed by atoms with Crippen LogP contribution in [0.2, 0.25) is 0 Å². The van der Waals surface area contributed by atoms with E-state index in [-0.39, 0.29) is 24.3 Å². The maximum atomic E-state index is 12.8. The lowest BCUT2D eigenvalue weighted by Gasteiger charge is -2.31. The van der Waals surface area contributed by atoms with Gasteiger partial charge in [0.2, 0.25) is 0 Å². The van der Waals surface area contributed by atoms with Gasteiger partial charge in [-0.1, -0.05) is 72.8 Å². The Morgan fingerprint density at radius 1 is 0.776 bits per heavy atom. The van der Waals surface area contributed by atoms with Crippen molar-refractivity contribution in [2.45, 2.75) is 25.5 Å². The first-order chi connectivity index (χ1) is 24.0. The van der Waals surface area contributed by atoms with Crippen molar-refractivity contribution >= 4 is 23.5 Å². The highest BCUT2D eigenvalue weighted by Crippen LogP contribution is 2.28. The standard InChI is InChI=1S/C39H45N5O5/c1-48-33-16-14-29(15-17-33)27-40-20-21-42-38(46)32-11-7-10-31(26-32)37(45)28-41-22-25-44-23-18-34(19-24-44)49-39(47)43-36-13-6-5-12-35(36)30-8-3-2-4-9-30/h2-17,26,34,40-41H,18-25,27-28H2,1H3,(H,42,46)(H,43,47). The Balaban J connectivity index is 0.950. The van der Waals surface area contributed by atoms with Gasteiger partial charge in [-0.2, -0.15) is 0 Å². The maximum absolute atomic E-state index is 12.8. The summed E-state index contributed by atoms with van der Waals surface area (Å²) in [4.78, 5) is 40.5. The molecule has 10 nitrogen and oxygen atoms in total. The zero-order chi connectivity index (χ0) is 34.3. The Hall–Kier alpha value is -5.03. The number of ketones is 1. The summed E-state index contributed by atoms with van der Waals surface area (Å²) in [6, 6.07) is 32.3. The van der Waals surface area contributed by atoms with Crippen LogP contribution in [0.15, 0.2) is 103 Å². The topological polar surface area (TPSA) is 121 Å². The van der Waals surface area contributed by atoms with E-state index in [0.717, 1.165) is 60.6 Å². The van der Waals surface area contributed by atoms with Gasteiger partial charge in [0.15, 0.2) is 5.78 Å². The maximum Gasteiger partial charge on any atom is 0.411 e. The molecular weight excluding hydrogens is 618 g/mol. The molecule has 10 heteroatoms. The molecule has 4 N–H and O–H groups in total. The van der Waals surface area contributed by atoms with Gasteiger partial charge < -0.3 is 30.3 Å². The molecular formula is C39H45N5O5. The number of para-hydroxylation sites is 1. The first-order valence-corrected chi connectivity index (χ1v) is 16.8. The third kappa shape index (κ3) is 11.0. The Labute approximate surface area is 288 Å². The van der Waals surface area contributed by atoms with E-state index in [9.17, 15) is 14.4 Å². The number of likely N-dealkylation sites (tertiary alicyclic amines) is 1. The minimum atomic E-state index is -0.443. The van der Waals surface area contributed by atoms with Crippen molar-refractivity contribution < 1.29 is 23.9 Å². The van der Waals surface area contributed by atoms with Crippen LogP contribution < -0.4 is 26.0 Å². The number of anilines is 1. The van der Waals surface area contributed by atoms with Gasteiger partial charge in [0.1, 0.15) is 11.9 Å². The number of amides is 2. The van der Waals surface area contributed by atoms with E-state index in [1.54, 1.807) is 31.4 Å². The number of hydrogen-bond donors (Lipinski definition) is 4. The van der Waals surface area contributed by atoms with Crippen molar-refractivity contribution in [3.63, 3.8) is 0 Å². The van der Waals surface area contributed by atoms with Crippen molar-refractivity contribution in [1.29, 1.82) is 0 Å². The molecule has 0 unspecified atom stereocenters. The number of nitrogens with one attached hydrogen (secondary N) is 4. The molecule has 1 aliphatic heterocycles. The van der Waals surface area contributed by atoms with Crippen molar-refractivity contribution in [1.82, 2.24) is 20.9 Å². The molecule has 1 fully saturated rings. The molecule has 5 rings (SSSR count). The Morgan fingerprint density at radius 3 is 2.29 bits per heavy atom. The van der Waals surface area contributed by atoms with Crippen molar-refractivity contribution in [2.24, 2.45) is 0 Å². The van der Waals surface area contributed by atoms with Crippen molar-refractivity contribution in [3.05, 3.63) is 120 Å². The minimum absolute atomic E-state index is 0.0669. The highest BCUT2D eigenvalue weighted by molar-refractivity contribution is 6.01. The average molecular weight is 664 g/mol. The largest absolute Gasteiger partial charge is 0.497 e. The average Bonchev–Trinajstić information content (AvgIpc) is 3.14. The number of methoxy groups -OCH3 is 1. The summed E-state index contributed by atoms with van der Waals surface area (Å²) in [5.74, 6) is 0.538. The lowest BCUT2D eigenvalue weighted by atomic mass is 10.0. The molecule has 1 aliphatic rings. The summed E-state index contributed by atoms with van der Waals surface area (Å²) in [5.41, 5.74) is 4.78. The van der Waals surface area contributed by atoms with Gasteiger partial charge in [0.05, 0.1) is 19.3 Å². The third-order valence-electron chi connectivity index (χ3n) is 8.47.